The maximum atomic E-state index is 12.4. The first-order valence-electron chi connectivity index (χ1n) is 6.07. The minimum Gasteiger partial charge on any atom is -0.481 e. The molecule has 21 heavy (non-hydrogen) atoms. The van der Waals surface area contributed by atoms with Gasteiger partial charge in [0.15, 0.2) is 0 Å². The van der Waals surface area contributed by atoms with Crippen molar-refractivity contribution in [2.75, 3.05) is 20.7 Å². The van der Waals surface area contributed by atoms with Crippen LogP contribution in [-0.4, -0.2) is 50.5 Å². The molecule has 0 aromatic heterocycles. The molecule has 0 fully saturated rings. The predicted octanol–water partition coefficient (Wildman–Crippen LogP) is 0.877. The summed E-state index contributed by atoms with van der Waals surface area (Å²) in [4.78, 5) is 22.0. The number of esters is 1. The third-order valence-corrected chi connectivity index (χ3v) is 4.94. The number of rotatable bonds is 6. The molecule has 1 aromatic rings. The van der Waals surface area contributed by atoms with Crippen LogP contribution >= 0.6 is 0 Å². The van der Waals surface area contributed by atoms with Crippen molar-refractivity contribution in [1.29, 1.82) is 0 Å². The van der Waals surface area contributed by atoms with E-state index in [1.54, 1.807) is 6.92 Å². The second kappa shape index (κ2) is 6.68. The number of carboxylic acid groups (broad SMARTS) is 1. The Balaban J connectivity index is 3.18. The highest BCUT2D eigenvalue weighted by molar-refractivity contribution is 7.89. The first-order chi connectivity index (χ1) is 9.70. The van der Waals surface area contributed by atoms with E-state index in [2.05, 4.69) is 4.74 Å². The third kappa shape index (κ3) is 4.02. The molecule has 0 radical (unpaired) electrons. The Morgan fingerprint density at radius 2 is 1.95 bits per heavy atom. The van der Waals surface area contributed by atoms with Crippen molar-refractivity contribution in [3.05, 3.63) is 29.3 Å². The van der Waals surface area contributed by atoms with Gasteiger partial charge >= 0.3 is 11.9 Å². The number of aliphatic carboxylic acids is 1. The van der Waals surface area contributed by atoms with Crippen LogP contribution in [0, 0.1) is 6.92 Å². The normalized spacial score (nSPS) is 11.4. The topological polar surface area (TPSA) is 101 Å². The Hall–Kier alpha value is -1.93. The summed E-state index contributed by atoms with van der Waals surface area (Å²) in [5.41, 5.74) is 0.582. The molecular weight excluding hydrogens is 298 g/mol. The van der Waals surface area contributed by atoms with Gasteiger partial charge in [0.25, 0.3) is 0 Å². The van der Waals surface area contributed by atoms with Gasteiger partial charge in [-0.05, 0) is 24.6 Å². The molecule has 0 aliphatic rings. The highest BCUT2D eigenvalue weighted by atomic mass is 32.2. The lowest BCUT2D eigenvalue weighted by Crippen LogP contribution is -2.30. The first-order valence-corrected chi connectivity index (χ1v) is 7.51. The predicted molar refractivity (Wildman–Crippen MR) is 74.6 cm³/mol. The van der Waals surface area contributed by atoms with E-state index in [0.29, 0.717) is 5.56 Å². The molecule has 1 rings (SSSR count). The summed E-state index contributed by atoms with van der Waals surface area (Å²) in [5.74, 6) is -1.73. The zero-order valence-corrected chi connectivity index (χ0v) is 12.8. The van der Waals surface area contributed by atoms with Crippen molar-refractivity contribution in [3.63, 3.8) is 0 Å². The fraction of sp³-hybridized carbons (Fsp3) is 0.385. The lowest BCUT2D eigenvalue weighted by molar-refractivity contribution is -0.137. The van der Waals surface area contributed by atoms with Gasteiger partial charge in [-0.2, -0.15) is 0 Å². The van der Waals surface area contributed by atoms with Gasteiger partial charge in [-0.15, -0.1) is 0 Å². The quantitative estimate of drug-likeness (QED) is 0.782. The lowest BCUT2D eigenvalue weighted by atomic mass is 10.1. The van der Waals surface area contributed by atoms with Crippen molar-refractivity contribution in [2.24, 2.45) is 0 Å². The Morgan fingerprint density at radius 1 is 1.33 bits per heavy atom. The summed E-state index contributed by atoms with van der Waals surface area (Å²) in [5, 5.41) is 8.62. The molecule has 0 aliphatic heterocycles. The van der Waals surface area contributed by atoms with E-state index in [0.717, 1.165) is 4.31 Å². The van der Waals surface area contributed by atoms with Gasteiger partial charge in [0.2, 0.25) is 10.0 Å². The average molecular weight is 315 g/mol. The number of ether oxygens (including phenoxy) is 1. The summed E-state index contributed by atoms with van der Waals surface area (Å²) < 4.78 is 30.3. The molecular formula is C13H17NO6S. The van der Waals surface area contributed by atoms with Gasteiger partial charge in [0.05, 0.1) is 24.0 Å². The molecule has 0 aliphatic carbocycles. The van der Waals surface area contributed by atoms with Crippen LogP contribution in [-0.2, 0) is 19.6 Å². The van der Waals surface area contributed by atoms with Gasteiger partial charge in [-0.1, -0.05) is 6.07 Å². The second-order valence-electron chi connectivity index (χ2n) is 4.44. The number of carboxylic acids is 1. The number of sulfonamides is 1. The SMILES string of the molecule is COC(=O)c1ccc(C)c(S(=O)(=O)N(C)CCC(=O)O)c1. The van der Waals surface area contributed by atoms with E-state index in [-0.39, 0.29) is 23.4 Å². The summed E-state index contributed by atoms with van der Waals surface area (Å²) in [7, 11) is -1.37. The van der Waals surface area contributed by atoms with Gasteiger partial charge in [-0.25, -0.2) is 17.5 Å². The fourth-order valence-electron chi connectivity index (χ4n) is 1.66. The van der Waals surface area contributed by atoms with Crippen LogP contribution in [0.25, 0.3) is 0 Å². The third-order valence-electron chi connectivity index (χ3n) is 2.94. The molecule has 0 atom stereocenters. The number of hydrogen-bond acceptors (Lipinski definition) is 5. The largest absolute Gasteiger partial charge is 0.481 e. The summed E-state index contributed by atoms with van der Waals surface area (Å²) >= 11 is 0. The van der Waals surface area contributed by atoms with Crippen LogP contribution in [0.2, 0.25) is 0 Å². The molecule has 1 N–H and O–H groups in total. The molecule has 0 saturated carbocycles. The Kier molecular flexibility index (Phi) is 5.45. The first kappa shape index (κ1) is 17.1. The van der Waals surface area contributed by atoms with Crippen LogP contribution < -0.4 is 0 Å². The number of nitrogens with zero attached hydrogens (tertiary/aromatic N) is 1. The van der Waals surface area contributed by atoms with Gasteiger partial charge in [-0.3, -0.25) is 4.79 Å². The van der Waals surface area contributed by atoms with Crippen molar-refractivity contribution in [3.8, 4) is 0 Å². The highest BCUT2D eigenvalue weighted by Gasteiger charge is 2.24. The highest BCUT2D eigenvalue weighted by Crippen LogP contribution is 2.21. The molecule has 0 saturated heterocycles. The van der Waals surface area contributed by atoms with Gasteiger partial charge in [0, 0.05) is 13.6 Å². The van der Waals surface area contributed by atoms with Crippen molar-refractivity contribution in [2.45, 2.75) is 18.2 Å². The second-order valence-corrected chi connectivity index (χ2v) is 6.46. The number of carbonyl (C=O) groups is 2. The minimum atomic E-state index is -3.87. The maximum absolute atomic E-state index is 12.4. The van der Waals surface area contributed by atoms with Gasteiger partial charge in [0.1, 0.15) is 0 Å². The smallest absolute Gasteiger partial charge is 0.337 e. The monoisotopic (exact) mass is 315 g/mol. The standard InChI is InChI=1S/C13H17NO6S/c1-9-4-5-10(13(17)20-3)8-11(9)21(18,19)14(2)7-6-12(15)16/h4-5,8H,6-7H2,1-3H3,(H,15,16). The van der Waals surface area contributed by atoms with Crippen LogP contribution in [0.3, 0.4) is 0 Å². The summed E-state index contributed by atoms with van der Waals surface area (Å²) in [6, 6.07) is 4.20. The number of methoxy groups -OCH3 is 1. The Morgan fingerprint density at radius 3 is 2.48 bits per heavy atom. The van der Waals surface area contributed by atoms with E-state index < -0.39 is 22.0 Å². The summed E-state index contributed by atoms with van der Waals surface area (Å²) in [6.07, 6.45) is -0.300. The van der Waals surface area contributed by atoms with Crippen molar-refractivity contribution < 1.29 is 27.9 Å². The van der Waals surface area contributed by atoms with E-state index in [9.17, 15) is 18.0 Å². The van der Waals surface area contributed by atoms with Gasteiger partial charge < -0.3 is 9.84 Å². The fourth-order valence-corrected chi connectivity index (χ4v) is 3.08. The molecule has 0 heterocycles. The van der Waals surface area contributed by atoms with Crippen LogP contribution in [0.4, 0.5) is 0 Å². The molecule has 7 nitrogen and oxygen atoms in total. The Bertz CT molecular complexity index is 653. The number of aryl methyl sites for hydroxylation is 1. The number of carbonyl (C=O) groups excluding carboxylic acids is 1. The minimum absolute atomic E-state index is 0.0433. The summed E-state index contributed by atoms with van der Waals surface area (Å²) in [6.45, 7) is 1.44. The van der Waals surface area contributed by atoms with Crippen molar-refractivity contribution in [1.82, 2.24) is 4.31 Å². The lowest BCUT2D eigenvalue weighted by Gasteiger charge is -2.18. The molecule has 8 heteroatoms. The van der Waals surface area contributed by atoms with Crippen molar-refractivity contribution >= 4 is 22.0 Å². The Labute approximate surface area is 123 Å². The molecule has 1 aromatic carbocycles. The van der Waals surface area contributed by atoms with E-state index in [1.165, 1.54) is 32.4 Å². The molecule has 0 unspecified atom stereocenters. The zero-order valence-electron chi connectivity index (χ0n) is 12.0. The van der Waals surface area contributed by atoms with Crippen LogP contribution in [0.5, 0.6) is 0 Å². The zero-order chi connectivity index (χ0) is 16.2. The van der Waals surface area contributed by atoms with E-state index in [1.807, 2.05) is 0 Å². The van der Waals surface area contributed by atoms with E-state index >= 15 is 0 Å². The van der Waals surface area contributed by atoms with Crippen LogP contribution in [0.1, 0.15) is 22.3 Å². The molecule has 116 valence electrons. The number of benzene rings is 1. The molecule has 0 amide bonds. The average Bonchev–Trinajstić information content (AvgIpc) is 2.43. The van der Waals surface area contributed by atoms with Crippen LogP contribution in [0.15, 0.2) is 23.1 Å². The number of hydrogen-bond donors (Lipinski definition) is 1. The molecule has 0 spiro atoms. The maximum Gasteiger partial charge on any atom is 0.337 e. The van der Waals surface area contributed by atoms with E-state index in [4.69, 9.17) is 5.11 Å². The molecule has 0 bridgehead atoms.